The molecule has 78 valence electrons. The molecule has 0 saturated carbocycles. The van der Waals surface area contributed by atoms with Gasteiger partial charge in [-0.1, -0.05) is 11.8 Å². The Hall–Kier alpha value is 0.1000. The molecule has 0 spiro atoms. The van der Waals surface area contributed by atoms with Gasteiger partial charge in [0.05, 0.1) is 0 Å². The molecule has 1 heterocycles. The zero-order chi connectivity index (χ0) is 8.10. The van der Waals surface area contributed by atoms with E-state index in [4.69, 9.17) is 5.73 Å². The summed E-state index contributed by atoms with van der Waals surface area (Å²) in [5.41, 5.74) is 5.37. The lowest BCUT2D eigenvalue weighted by Gasteiger charge is -1.98. The molecule has 0 amide bonds. The first kappa shape index (κ1) is 15.6. The smallest absolute Gasteiger partial charge is 0.167 e. The van der Waals surface area contributed by atoms with Gasteiger partial charge >= 0.3 is 0 Å². The minimum absolute atomic E-state index is 0. The van der Waals surface area contributed by atoms with Crippen LogP contribution in [0.4, 0.5) is 0 Å². The average Bonchev–Trinajstić information content (AvgIpc) is 2.37. The Bertz CT molecular complexity index is 217. The minimum atomic E-state index is 0. The molecule has 1 rings (SSSR count). The van der Waals surface area contributed by atoms with Gasteiger partial charge < -0.3 is 10.3 Å². The topological polar surface area (TPSA) is 43.8 Å². The molecule has 0 radical (unpaired) electrons. The zero-order valence-corrected chi connectivity index (χ0v) is 9.92. The van der Waals surface area contributed by atoms with Gasteiger partial charge in [0.15, 0.2) is 5.16 Å². The summed E-state index contributed by atoms with van der Waals surface area (Å²) in [6.45, 7) is 0.761. The van der Waals surface area contributed by atoms with Crippen molar-refractivity contribution in [3.05, 3.63) is 12.4 Å². The number of thioether (sulfide) groups is 1. The van der Waals surface area contributed by atoms with E-state index in [0.29, 0.717) is 0 Å². The van der Waals surface area contributed by atoms with Crippen LogP contribution in [0.15, 0.2) is 17.6 Å². The van der Waals surface area contributed by atoms with Crippen LogP contribution in [0, 0.1) is 0 Å². The van der Waals surface area contributed by atoms with E-state index in [1.807, 2.05) is 24.0 Å². The molecule has 0 saturated heterocycles. The molecular weight excluding hydrogens is 229 g/mol. The van der Waals surface area contributed by atoms with Crippen LogP contribution in [-0.4, -0.2) is 21.8 Å². The number of aromatic nitrogens is 2. The van der Waals surface area contributed by atoms with E-state index < -0.39 is 0 Å². The summed E-state index contributed by atoms with van der Waals surface area (Å²) < 4.78 is 2.02. The molecule has 0 aliphatic rings. The van der Waals surface area contributed by atoms with Crippen molar-refractivity contribution < 1.29 is 0 Å². The van der Waals surface area contributed by atoms with Gasteiger partial charge in [0.2, 0.25) is 0 Å². The molecule has 0 unspecified atom stereocenters. The molecule has 0 fully saturated rings. The number of nitrogens with two attached hydrogens (primary N) is 1. The predicted molar refractivity (Wildman–Crippen MR) is 62.1 cm³/mol. The molecule has 0 bridgehead atoms. The van der Waals surface area contributed by atoms with Gasteiger partial charge in [-0.2, -0.15) is 0 Å². The van der Waals surface area contributed by atoms with E-state index in [2.05, 4.69) is 4.98 Å². The first-order valence-corrected chi connectivity index (χ1v) is 4.63. The molecule has 0 aliphatic carbocycles. The maximum absolute atomic E-state index is 5.37. The third-order valence-electron chi connectivity index (χ3n) is 1.36. The molecule has 0 aliphatic heterocycles. The van der Waals surface area contributed by atoms with Crippen molar-refractivity contribution in [2.24, 2.45) is 12.8 Å². The fourth-order valence-electron chi connectivity index (χ4n) is 0.738. The van der Waals surface area contributed by atoms with Crippen LogP contribution >= 0.6 is 36.6 Å². The third-order valence-corrected chi connectivity index (χ3v) is 2.50. The van der Waals surface area contributed by atoms with Gasteiger partial charge in [-0.25, -0.2) is 4.98 Å². The van der Waals surface area contributed by atoms with Crippen LogP contribution in [-0.2, 0) is 7.05 Å². The molecule has 6 heteroatoms. The standard InChI is InChI=1S/C7H13N3S.2ClH/c1-10-5-4-9-7(10)11-6-2-3-8;;/h4-5H,2-3,6,8H2,1H3;2*1H. The molecule has 3 nitrogen and oxygen atoms in total. The van der Waals surface area contributed by atoms with E-state index >= 15 is 0 Å². The SMILES string of the molecule is Cl.Cl.Cn1ccnc1SCCCN. The maximum atomic E-state index is 5.37. The van der Waals surface area contributed by atoms with Crippen LogP contribution in [0.25, 0.3) is 0 Å². The number of rotatable bonds is 4. The van der Waals surface area contributed by atoms with Crippen molar-refractivity contribution in [3.8, 4) is 0 Å². The van der Waals surface area contributed by atoms with Gasteiger partial charge in [0.1, 0.15) is 0 Å². The van der Waals surface area contributed by atoms with E-state index in [0.717, 1.165) is 23.9 Å². The first-order chi connectivity index (χ1) is 5.34. The third kappa shape index (κ3) is 5.41. The Labute approximate surface area is 95.3 Å². The monoisotopic (exact) mass is 243 g/mol. The molecular formula is C7H15Cl2N3S. The Morgan fingerprint density at radius 2 is 2.23 bits per heavy atom. The Morgan fingerprint density at radius 3 is 2.69 bits per heavy atom. The highest BCUT2D eigenvalue weighted by molar-refractivity contribution is 7.99. The second-order valence-electron chi connectivity index (χ2n) is 2.31. The lowest BCUT2D eigenvalue weighted by atomic mass is 10.5. The summed E-state index contributed by atoms with van der Waals surface area (Å²) in [6, 6.07) is 0. The first-order valence-electron chi connectivity index (χ1n) is 3.65. The van der Waals surface area contributed by atoms with Crippen molar-refractivity contribution in [1.29, 1.82) is 0 Å². The fourth-order valence-corrected chi connectivity index (χ4v) is 1.63. The Morgan fingerprint density at radius 1 is 1.54 bits per heavy atom. The molecule has 1 aromatic rings. The maximum Gasteiger partial charge on any atom is 0.167 e. The van der Waals surface area contributed by atoms with Gasteiger partial charge in [-0.05, 0) is 13.0 Å². The van der Waals surface area contributed by atoms with Crippen LogP contribution in [0.5, 0.6) is 0 Å². The van der Waals surface area contributed by atoms with Crippen LogP contribution < -0.4 is 5.73 Å². The number of nitrogens with zero attached hydrogens (tertiary/aromatic N) is 2. The van der Waals surface area contributed by atoms with E-state index in [9.17, 15) is 0 Å². The Balaban J connectivity index is 0. The van der Waals surface area contributed by atoms with Crippen molar-refractivity contribution in [2.75, 3.05) is 12.3 Å². The van der Waals surface area contributed by atoms with Crippen LogP contribution in [0.3, 0.4) is 0 Å². The highest BCUT2D eigenvalue weighted by Crippen LogP contribution is 2.14. The summed E-state index contributed by atoms with van der Waals surface area (Å²) in [6.07, 6.45) is 4.81. The quantitative estimate of drug-likeness (QED) is 0.647. The fraction of sp³-hybridized carbons (Fsp3) is 0.571. The lowest BCUT2D eigenvalue weighted by Crippen LogP contribution is -2.00. The summed E-state index contributed by atoms with van der Waals surface area (Å²) in [5, 5.41) is 1.07. The molecule has 13 heavy (non-hydrogen) atoms. The highest BCUT2D eigenvalue weighted by Gasteiger charge is 1.97. The highest BCUT2D eigenvalue weighted by atomic mass is 35.5. The van der Waals surface area contributed by atoms with Crippen LogP contribution in [0.1, 0.15) is 6.42 Å². The molecule has 0 aromatic carbocycles. The minimum Gasteiger partial charge on any atom is -0.330 e. The molecule has 0 atom stereocenters. The van der Waals surface area contributed by atoms with Gasteiger partial charge in [0, 0.05) is 25.2 Å². The normalized spacial score (nSPS) is 8.77. The lowest BCUT2D eigenvalue weighted by molar-refractivity contribution is 0.788. The summed E-state index contributed by atoms with van der Waals surface area (Å²) in [5.74, 6) is 1.06. The summed E-state index contributed by atoms with van der Waals surface area (Å²) >= 11 is 1.75. The van der Waals surface area contributed by atoms with Crippen molar-refractivity contribution in [1.82, 2.24) is 9.55 Å². The number of imidazole rings is 1. The predicted octanol–water partition coefficient (Wildman–Crippen LogP) is 1.70. The van der Waals surface area contributed by atoms with Gasteiger partial charge in [-0.3, -0.25) is 0 Å². The zero-order valence-electron chi connectivity index (χ0n) is 7.47. The Kier molecular flexibility index (Phi) is 10.4. The number of hydrogen-bond donors (Lipinski definition) is 1. The van der Waals surface area contributed by atoms with Crippen molar-refractivity contribution >= 4 is 36.6 Å². The van der Waals surface area contributed by atoms with Gasteiger partial charge in [0.25, 0.3) is 0 Å². The van der Waals surface area contributed by atoms with Crippen LogP contribution in [0.2, 0.25) is 0 Å². The van der Waals surface area contributed by atoms with Crippen molar-refractivity contribution in [2.45, 2.75) is 11.6 Å². The van der Waals surface area contributed by atoms with Gasteiger partial charge in [-0.15, -0.1) is 24.8 Å². The van der Waals surface area contributed by atoms with E-state index in [1.54, 1.807) is 11.8 Å². The van der Waals surface area contributed by atoms with E-state index in [1.165, 1.54) is 0 Å². The second kappa shape index (κ2) is 8.69. The number of hydrogen-bond acceptors (Lipinski definition) is 3. The second-order valence-corrected chi connectivity index (χ2v) is 3.37. The molecule has 1 aromatic heterocycles. The summed E-state index contributed by atoms with van der Waals surface area (Å²) in [7, 11) is 2.00. The average molecular weight is 244 g/mol. The number of halogens is 2. The molecule has 2 N–H and O–H groups in total. The number of aryl methyl sites for hydroxylation is 1. The van der Waals surface area contributed by atoms with E-state index in [-0.39, 0.29) is 24.8 Å². The van der Waals surface area contributed by atoms with Crippen molar-refractivity contribution in [3.63, 3.8) is 0 Å². The largest absolute Gasteiger partial charge is 0.330 e. The summed E-state index contributed by atoms with van der Waals surface area (Å²) in [4.78, 5) is 4.17.